The lowest BCUT2D eigenvalue weighted by atomic mass is 10.0. The highest BCUT2D eigenvalue weighted by Crippen LogP contribution is 2.16. The zero-order valence-electron chi connectivity index (χ0n) is 13.1. The van der Waals surface area contributed by atoms with Crippen molar-refractivity contribution in [2.45, 2.75) is 19.4 Å². The largest absolute Gasteiger partial charge is 0.392 e. The van der Waals surface area contributed by atoms with Crippen LogP contribution in [0.2, 0.25) is 0 Å². The van der Waals surface area contributed by atoms with Crippen LogP contribution in [0.15, 0.2) is 36.5 Å². The van der Waals surface area contributed by atoms with E-state index in [-0.39, 0.29) is 12.4 Å². The maximum absolute atomic E-state index is 13.9. The fraction of sp³-hybridized carbons (Fsp3) is 0.389. The number of anilines is 1. The number of halogens is 1. The first kappa shape index (κ1) is 15.9. The number of nitrogens with one attached hydrogen (secondary N) is 1. The first-order chi connectivity index (χ1) is 11.3. The lowest BCUT2D eigenvalue weighted by Crippen LogP contribution is -2.43. The van der Waals surface area contributed by atoms with Crippen molar-refractivity contribution in [3.63, 3.8) is 0 Å². The Morgan fingerprint density at radius 1 is 1.13 bits per heavy atom. The van der Waals surface area contributed by atoms with Gasteiger partial charge in [-0.15, -0.1) is 0 Å². The second-order valence-electron chi connectivity index (χ2n) is 5.83. The summed E-state index contributed by atoms with van der Waals surface area (Å²) in [6.45, 7) is 3.88. The van der Waals surface area contributed by atoms with Crippen LogP contribution in [-0.4, -0.2) is 36.3 Å². The predicted molar refractivity (Wildman–Crippen MR) is 89.1 cm³/mol. The molecule has 1 saturated heterocycles. The third-order valence-corrected chi connectivity index (χ3v) is 4.24. The van der Waals surface area contributed by atoms with Crippen molar-refractivity contribution in [3.8, 4) is 0 Å². The van der Waals surface area contributed by atoms with Gasteiger partial charge in [0.25, 0.3) is 0 Å². The lowest BCUT2D eigenvalue weighted by molar-refractivity contribution is 0.281. The summed E-state index contributed by atoms with van der Waals surface area (Å²) >= 11 is 0. The predicted octanol–water partition coefficient (Wildman–Crippen LogP) is 1.91. The highest BCUT2D eigenvalue weighted by atomic mass is 19.1. The molecule has 0 atom stereocenters. The molecule has 5 heteroatoms. The van der Waals surface area contributed by atoms with Gasteiger partial charge in [-0.05, 0) is 42.2 Å². The van der Waals surface area contributed by atoms with E-state index in [1.54, 1.807) is 12.1 Å². The highest BCUT2D eigenvalue weighted by Gasteiger charge is 2.11. The molecule has 2 N–H and O–H groups in total. The van der Waals surface area contributed by atoms with Gasteiger partial charge in [-0.1, -0.05) is 12.1 Å². The molecule has 0 spiro atoms. The van der Waals surface area contributed by atoms with Gasteiger partial charge >= 0.3 is 0 Å². The number of rotatable bonds is 5. The molecule has 0 bridgehead atoms. The molecule has 2 aromatic rings. The van der Waals surface area contributed by atoms with Crippen molar-refractivity contribution in [2.24, 2.45) is 0 Å². The van der Waals surface area contributed by atoms with Crippen molar-refractivity contribution in [3.05, 3.63) is 59.2 Å². The second kappa shape index (κ2) is 7.53. The van der Waals surface area contributed by atoms with Crippen LogP contribution in [0.1, 0.15) is 16.8 Å². The molecule has 2 heterocycles. The van der Waals surface area contributed by atoms with Gasteiger partial charge in [-0.25, -0.2) is 4.39 Å². The van der Waals surface area contributed by atoms with Crippen LogP contribution >= 0.6 is 0 Å². The van der Waals surface area contributed by atoms with Crippen molar-refractivity contribution in [2.75, 3.05) is 31.1 Å². The molecule has 23 heavy (non-hydrogen) atoms. The van der Waals surface area contributed by atoms with Crippen LogP contribution in [0, 0.1) is 5.82 Å². The zero-order chi connectivity index (χ0) is 16.1. The minimum Gasteiger partial charge on any atom is -0.392 e. The Morgan fingerprint density at radius 3 is 2.61 bits per heavy atom. The summed E-state index contributed by atoms with van der Waals surface area (Å²) in [7, 11) is 0. The van der Waals surface area contributed by atoms with Crippen LogP contribution in [-0.2, 0) is 19.4 Å². The number of piperazine rings is 1. The summed E-state index contributed by atoms with van der Waals surface area (Å²) in [6, 6.07) is 9.03. The lowest BCUT2D eigenvalue weighted by Gasteiger charge is -2.29. The number of nitrogens with zero attached hydrogens (tertiary/aromatic N) is 2. The highest BCUT2D eigenvalue weighted by molar-refractivity contribution is 5.45. The average molecular weight is 315 g/mol. The van der Waals surface area contributed by atoms with E-state index in [9.17, 15) is 4.39 Å². The third kappa shape index (κ3) is 4.06. The fourth-order valence-electron chi connectivity index (χ4n) is 2.83. The number of hydrogen-bond donors (Lipinski definition) is 2. The summed E-state index contributed by atoms with van der Waals surface area (Å²) in [5, 5.41) is 12.3. The number of benzene rings is 1. The molecule has 0 unspecified atom stereocenters. The van der Waals surface area contributed by atoms with Crippen LogP contribution in [0.25, 0.3) is 0 Å². The van der Waals surface area contributed by atoms with E-state index >= 15 is 0 Å². The summed E-state index contributed by atoms with van der Waals surface area (Å²) in [5.41, 5.74) is 3.38. The molecular formula is C18H22FN3O. The van der Waals surface area contributed by atoms with E-state index in [0.717, 1.165) is 37.6 Å². The third-order valence-electron chi connectivity index (χ3n) is 4.24. The Hall–Kier alpha value is -1.98. The molecule has 3 rings (SSSR count). The van der Waals surface area contributed by atoms with Crippen molar-refractivity contribution in [1.29, 1.82) is 0 Å². The van der Waals surface area contributed by atoms with E-state index in [0.29, 0.717) is 24.0 Å². The van der Waals surface area contributed by atoms with Crippen molar-refractivity contribution < 1.29 is 9.50 Å². The Kier molecular flexibility index (Phi) is 5.20. The molecule has 0 saturated carbocycles. The second-order valence-corrected chi connectivity index (χ2v) is 5.83. The summed E-state index contributed by atoms with van der Waals surface area (Å²) in [4.78, 5) is 6.83. The van der Waals surface area contributed by atoms with E-state index in [4.69, 9.17) is 5.11 Å². The number of aliphatic hydroxyl groups excluding tert-OH is 1. The molecule has 1 aliphatic rings. The molecule has 4 nitrogen and oxygen atoms in total. The van der Waals surface area contributed by atoms with E-state index in [2.05, 4.69) is 21.3 Å². The van der Waals surface area contributed by atoms with Gasteiger partial charge in [0.15, 0.2) is 0 Å². The van der Waals surface area contributed by atoms with Gasteiger partial charge in [0.05, 0.1) is 18.5 Å². The molecule has 122 valence electrons. The van der Waals surface area contributed by atoms with E-state index in [1.165, 1.54) is 6.07 Å². The Balaban J connectivity index is 1.60. The first-order valence-electron chi connectivity index (χ1n) is 8.05. The number of hydrogen-bond acceptors (Lipinski definition) is 4. The average Bonchev–Trinajstić information content (AvgIpc) is 2.62. The zero-order valence-corrected chi connectivity index (χ0v) is 13.1. The minimum absolute atomic E-state index is 0.133. The number of aliphatic hydroxyl groups is 1. The van der Waals surface area contributed by atoms with E-state index in [1.807, 2.05) is 12.3 Å². The van der Waals surface area contributed by atoms with Crippen LogP contribution < -0.4 is 10.2 Å². The van der Waals surface area contributed by atoms with Gasteiger partial charge in [-0.2, -0.15) is 0 Å². The molecule has 0 radical (unpaired) electrons. The molecule has 1 aromatic carbocycles. The minimum atomic E-state index is -0.256. The molecule has 1 aromatic heterocycles. The fourth-order valence-corrected chi connectivity index (χ4v) is 2.83. The van der Waals surface area contributed by atoms with Crippen molar-refractivity contribution in [1.82, 2.24) is 10.3 Å². The van der Waals surface area contributed by atoms with E-state index < -0.39 is 0 Å². The molecule has 1 aliphatic heterocycles. The topological polar surface area (TPSA) is 48.4 Å². The first-order valence-corrected chi connectivity index (χ1v) is 8.05. The summed E-state index contributed by atoms with van der Waals surface area (Å²) in [6.07, 6.45) is 3.22. The Bertz CT molecular complexity index is 639. The smallest absolute Gasteiger partial charge is 0.126 e. The monoisotopic (exact) mass is 315 g/mol. The maximum atomic E-state index is 13.9. The standard InChI is InChI=1S/C18H22FN3O/c19-18-11-14(13-23)1-2-15(18)3-4-16-5-6-17(12-21-16)22-9-7-20-8-10-22/h1-2,5-6,11-12,20,23H,3-4,7-10,13H2. The van der Waals surface area contributed by atoms with Gasteiger partial charge in [0.1, 0.15) is 5.82 Å². The molecule has 1 fully saturated rings. The molecule has 0 aliphatic carbocycles. The van der Waals surface area contributed by atoms with Gasteiger partial charge in [0.2, 0.25) is 0 Å². The molecule has 0 amide bonds. The van der Waals surface area contributed by atoms with Crippen molar-refractivity contribution >= 4 is 5.69 Å². The van der Waals surface area contributed by atoms with Crippen LogP contribution in [0.4, 0.5) is 10.1 Å². The number of aromatic nitrogens is 1. The van der Waals surface area contributed by atoms with Gasteiger partial charge in [0, 0.05) is 31.9 Å². The van der Waals surface area contributed by atoms with Crippen LogP contribution in [0.3, 0.4) is 0 Å². The van der Waals surface area contributed by atoms with Gasteiger partial charge < -0.3 is 15.3 Å². The normalized spacial score (nSPS) is 15.0. The quantitative estimate of drug-likeness (QED) is 0.885. The number of pyridine rings is 1. The summed E-state index contributed by atoms with van der Waals surface area (Å²) < 4.78 is 13.9. The van der Waals surface area contributed by atoms with Crippen LogP contribution in [0.5, 0.6) is 0 Å². The summed E-state index contributed by atoms with van der Waals surface area (Å²) in [5.74, 6) is -0.256. The molecular weight excluding hydrogens is 293 g/mol. The Labute approximate surface area is 136 Å². The maximum Gasteiger partial charge on any atom is 0.126 e. The number of aryl methyl sites for hydroxylation is 2. The Morgan fingerprint density at radius 2 is 1.96 bits per heavy atom. The van der Waals surface area contributed by atoms with Gasteiger partial charge in [-0.3, -0.25) is 4.98 Å². The SMILES string of the molecule is OCc1ccc(CCc2ccc(N3CCNCC3)cn2)c(F)c1.